The zero-order valence-electron chi connectivity index (χ0n) is 12.3. The molecule has 6 nitrogen and oxygen atoms in total. The molecule has 2 heterocycles. The second-order valence-electron chi connectivity index (χ2n) is 6.46. The van der Waals surface area contributed by atoms with E-state index in [-0.39, 0.29) is 18.2 Å². The van der Waals surface area contributed by atoms with Crippen LogP contribution in [0, 0.1) is 24.7 Å². The number of fused-ring (bicyclic) bond motifs is 1. The fourth-order valence-corrected chi connectivity index (χ4v) is 4.68. The van der Waals surface area contributed by atoms with Crippen molar-refractivity contribution in [2.24, 2.45) is 17.8 Å². The molecule has 1 saturated heterocycles. The minimum absolute atomic E-state index is 0.0341. The van der Waals surface area contributed by atoms with E-state index in [1.54, 1.807) is 19.4 Å². The first-order chi connectivity index (χ1) is 10.2. The van der Waals surface area contributed by atoms with Crippen LogP contribution in [-0.2, 0) is 4.74 Å². The van der Waals surface area contributed by atoms with E-state index in [9.17, 15) is 4.79 Å². The molecule has 1 aromatic heterocycles. The van der Waals surface area contributed by atoms with Crippen molar-refractivity contribution in [3.8, 4) is 0 Å². The van der Waals surface area contributed by atoms with E-state index >= 15 is 0 Å². The van der Waals surface area contributed by atoms with Crippen LogP contribution in [0.25, 0.3) is 0 Å². The van der Waals surface area contributed by atoms with Gasteiger partial charge in [-0.3, -0.25) is 0 Å². The Morgan fingerprint density at radius 2 is 2.29 bits per heavy atom. The molecule has 3 aliphatic rings. The second-order valence-corrected chi connectivity index (χ2v) is 6.46. The van der Waals surface area contributed by atoms with Gasteiger partial charge in [-0.1, -0.05) is 0 Å². The van der Waals surface area contributed by atoms with Gasteiger partial charge >= 0.3 is 6.03 Å². The lowest BCUT2D eigenvalue weighted by Gasteiger charge is -2.31. The summed E-state index contributed by atoms with van der Waals surface area (Å²) >= 11 is 0. The molecule has 3 fully saturated rings. The number of anilines is 1. The standard InChI is InChI=1S/C15H20N4O2/c1-8-12(3-4-16-18-8)17-15(20)19-7-10-5-9-6-11(10)13(19)14(9)21-2/h3-4,9-11,13-14H,5-7H2,1-2H3,(H,16,17,20). The van der Waals surface area contributed by atoms with Crippen LogP contribution in [0.5, 0.6) is 0 Å². The SMILES string of the molecule is COC1C2CC3CN(C(=O)Nc4ccnnc4C)C1C3C2. The highest BCUT2D eigenvalue weighted by Crippen LogP contribution is 2.55. The molecule has 112 valence electrons. The van der Waals surface area contributed by atoms with Crippen molar-refractivity contribution in [2.75, 3.05) is 19.0 Å². The Morgan fingerprint density at radius 3 is 3.05 bits per heavy atom. The van der Waals surface area contributed by atoms with Crippen LogP contribution in [0.15, 0.2) is 12.3 Å². The van der Waals surface area contributed by atoms with Gasteiger partial charge in [0.2, 0.25) is 0 Å². The minimum atomic E-state index is -0.0341. The number of carbonyl (C=O) groups is 1. The van der Waals surface area contributed by atoms with Gasteiger partial charge in [0.1, 0.15) is 0 Å². The van der Waals surface area contributed by atoms with Gasteiger partial charge in [0.05, 0.1) is 29.7 Å². The quantitative estimate of drug-likeness (QED) is 0.899. The topological polar surface area (TPSA) is 67.3 Å². The minimum Gasteiger partial charge on any atom is -0.379 e. The van der Waals surface area contributed by atoms with Crippen molar-refractivity contribution in [1.29, 1.82) is 0 Å². The lowest BCUT2D eigenvalue weighted by Crippen LogP contribution is -2.46. The highest BCUT2D eigenvalue weighted by atomic mass is 16.5. The van der Waals surface area contributed by atoms with Gasteiger partial charge < -0.3 is 15.0 Å². The molecule has 2 saturated carbocycles. The summed E-state index contributed by atoms with van der Waals surface area (Å²) in [7, 11) is 1.77. The molecule has 21 heavy (non-hydrogen) atoms. The maximum absolute atomic E-state index is 12.6. The maximum Gasteiger partial charge on any atom is 0.322 e. The van der Waals surface area contributed by atoms with Crippen molar-refractivity contribution < 1.29 is 9.53 Å². The number of carbonyl (C=O) groups excluding carboxylic acids is 1. The first-order valence-corrected chi connectivity index (χ1v) is 7.57. The summed E-state index contributed by atoms with van der Waals surface area (Å²) in [4.78, 5) is 14.6. The predicted octanol–water partition coefficient (Wildman–Crippen LogP) is 1.67. The van der Waals surface area contributed by atoms with Crippen LogP contribution in [0.2, 0.25) is 0 Å². The largest absolute Gasteiger partial charge is 0.379 e. The first kappa shape index (κ1) is 13.0. The van der Waals surface area contributed by atoms with E-state index in [1.807, 2.05) is 11.8 Å². The molecule has 1 aromatic rings. The van der Waals surface area contributed by atoms with Crippen molar-refractivity contribution in [3.63, 3.8) is 0 Å². The molecule has 0 spiro atoms. The molecule has 2 amide bonds. The summed E-state index contributed by atoms with van der Waals surface area (Å²) in [6, 6.07) is 2.00. The molecule has 5 atom stereocenters. The summed E-state index contributed by atoms with van der Waals surface area (Å²) in [5.74, 6) is 1.92. The molecule has 2 bridgehead atoms. The smallest absolute Gasteiger partial charge is 0.322 e. The molecule has 0 radical (unpaired) electrons. The Kier molecular flexibility index (Phi) is 2.89. The number of aromatic nitrogens is 2. The van der Waals surface area contributed by atoms with E-state index in [0.717, 1.165) is 17.9 Å². The molecule has 0 aromatic carbocycles. The number of amides is 2. The number of likely N-dealkylation sites (tertiary alicyclic amines) is 1. The fourth-order valence-electron chi connectivity index (χ4n) is 4.68. The van der Waals surface area contributed by atoms with Gasteiger partial charge in [-0.05, 0) is 43.6 Å². The van der Waals surface area contributed by atoms with Crippen molar-refractivity contribution in [1.82, 2.24) is 15.1 Å². The van der Waals surface area contributed by atoms with Crippen molar-refractivity contribution >= 4 is 11.7 Å². The number of ether oxygens (including phenoxy) is 1. The van der Waals surface area contributed by atoms with Gasteiger partial charge in [0.15, 0.2) is 0 Å². The summed E-state index contributed by atoms with van der Waals surface area (Å²) in [5.41, 5.74) is 1.47. The van der Waals surface area contributed by atoms with Gasteiger partial charge in [-0.25, -0.2) is 4.79 Å². The Morgan fingerprint density at radius 1 is 1.43 bits per heavy atom. The Labute approximate surface area is 123 Å². The second kappa shape index (κ2) is 4.66. The molecular formula is C15H20N4O2. The number of hydrogen-bond donors (Lipinski definition) is 1. The average molecular weight is 288 g/mol. The van der Waals surface area contributed by atoms with Crippen LogP contribution < -0.4 is 5.32 Å². The molecule has 4 rings (SSSR count). The van der Waals surface area contributed by atoms with E-state index in [0.29, 0.717) is 17.8 Å². The highest BCUT2D eigenvalue weighted by molar-refractivity contribution is 5.90. The zero-order valence-corrected chi connectivity index (χ0v) is 12.3. The number of nitrogens with zero attached hydrogens (tertiary/aromatic N) is 3. The Hall–Kier alpha value is -1.69. The Balaban J connectivity index is 1.54. The monoisotopic (exact) mass is 288 g/mol. The number of nitrogens with one attached hydrogen (secondary N) is 1. The lowest BCUT2D eigenvalue weighted by atomic mass is 9.88. The van der Waals surface area contributed by atoms with E-state index < -0.39 is 0 Å². The third-order valence-corrected chi connectivity index (χ3v) is 5.50. The van der Waals surface area contributed by atoms with E-state index in [4.69, 9.17) is 4.74 Å². The van der Waals surface area contributed by atoms with Gasteiger partial charge in [-0.2, -0.15) is 10.2 Å². The summed E-state index contributed by atoms with van der Waals surface area (Å²) in [6.07, 6.45) is 4.23. The molecule has 2 aliphatic carbocycles. The average Bonchev–Trinajstić information content (AvgIpc) is 3.08. The third-order valence-electron chi connectivity index (χ3n) is 5.50. The third kappa shape index (κ3) is 1.85. The van der Waals surface area contributed by atoms with E-state index in [2.05, 4.69) is 15.5 Å². The fraction of sp³-hybridized carbons (Fsp3) is 0.667. The highest BCUT2D eigenvalue weighted by Gasteiger charge is 2.60. The molecule has 1 aliphatic heterocycles. The van der Waals surface area contributed by atoms with Crippen molar-refractivity contribution in [2.45, 2.75) is 31.9 Å². The van der Waals surface area contributed by atoms with Gasteiger partial charge in [0, 0.05) is 13.7 Å². The molecular weight excluding hydrogens is 268 g/mol. The normalized spacial score (nSPS) is 36.3. The van der Waals surface area contributed by atoms with Crippen LogP contribution in [0.1, 0.15) is 18.5 Å². The number of methoxy groups -OCH3 is 1. The predicted molar refractivity (Wildman–Crippen MR) is 76.8 cm³/mol. The van der Waals surface area contributed by atoms with Crippen LogP contribution >= 0.6 is 0 Å². The van der Waals surface area contributed by atoms with Crippen LogP contribution in [-0.4, -0.2) is 46.9 Å². The number of aryl methyl sites for hydroxylation is 1. The van der Waals surface area contributed by atoms with Crippen LogP contribution in [0.3, 0.4) is 0 Å². The first-order valence-electron chi connectivity index (χ1n) is 7.57. The number of rotatable bonds is 2. The Bertz CT molecular complexity index is 577. The number of hydrogen-bond acceptors (Lipinski definition) is 4. The molecule has 1 N–H and O–H groups in total. The van der Waals surface area contributed by atoms with E-state index in [1.165, 1.54) is 12.8 Å². The van der Waals surface area contributed by atoms with Crippen molar-refractivity contribution in [3.05, 3.63) is 18.0 Å². The molecule has 5 unspecified atom stereocenters. The van der Waals surface area contributed by atoms with Crippen LogP contribution in [0.4, 0.5) is 10.5 Å². The zero-order chi connectivity index (χ0) is 14.6. The lowest BCUT2D eigenvalue weighted by molar-refractivity contribution is 0.0202. The summed E-state index contributed by atoms with van der Waals surface area (Å²) in [6.45, 7) is 2.70. The maximum atomic E-state index is 12.6. The summed E-state index contributed by atoms with van der Waals surface area (Å²) < 4.78 is 5.69. The molecule has 6 heteroatoms. The van der Waals surface area contributed by atoms with Gasteiger partial charge in [0.25, 0.3) is 0 Å². The number of urea groups is 1. The van der Waals surface area contributed by atoms with Gasteiger partial charge in [-0.15, -0.1) is 0 Å². The summed E-state index contributed by atoms with van der Waals surface area (Å²) in [5, 5.41) is 10.8.